The molecule has 0 radical (unpaired) electrons. The van der Waals surface area contributed by atoms with Gasteiger partial charge in [0.15, 0.2) is 0 Å². The van der Waals surface area contributed by atoms with Gasteiger partial charge >= 0.3 is 0 Å². The maximum absolute atomic E-state index is 5.24. The first-order valence-corrected chi connectivity index (χ1v) is 6.30. The summed E-state index contributed by atoms with van der Waals surface area (Å²) in [6.45, 7) is 3.70. The molecule has 0 saturated carbocycles. The molecule has 1 aliphatic heterocycles. The lowest BCUT2D eigenvalue weighted by Crippen LogP contribution is -2.52. The fourth-order valence-corrected chi connectivity index (χ4v) is 2.07. The van der Waals surface area contributed by atoms with Crippen molar-refractivity contribution >= 4 is 5.95 Å². The Morgan fingerprint density at radius 2 is 1.95 bits per heavy atom. The molecule has 5 nitrogen and oxygen atoms in total. The first-order chi connectivity index (χ1) is 9.26. The predicted octanol–water partition coefficient (Wildman–Crippen LogP) is 1.68. The highest BCUT2D eigenvalue weighted by Gasteiger charge is 2.28. The highest BCUT2D eigenvalue weighted by atomic mass is 16.5. The Bertz CT molecular complexity index is 564. The number of aryl methyl sites for hydroxylation is 1. The summed E-state index contributed by atoms with van der Waals surface area (Å²) in [5.41, 5.74) is 2.84. The van der Waals surface area contributed by atoms with Crippen molar-refractivity contribution in [2.24, 2.45) is 0 Å². The first kappa shape index (κ1) is 12.0. The van der Waals surface area contributed by atoms with E-state index in [1.165, 1.54) is 0 Å². The number of hydrogen-bond acceptors (Lipinski definition) is 5. The topological polar surface area (TPSA) is 51.1 Å². The van der Waals surface area contributed by atoms with Crippen LogP contribution >= 0.6 is 0 Å². The van der Waals surface area contributed by atoms with E-state index in [9.17, 15) is 0 Å². The maximum atomic E-state index is 5.24. The Labute approximate surface area is 112 Å². The van der Waals surface area contributed by atoms with Crippen molar-refractivity contribution < 1.29 is 4.74 Å². The number of anilines is 1. The molecular weight excluding hydrogens is 240 g/mol. The first-order valence-electron chi connectivity index (χ1n) is 6.30. The molecular formula is C14H16N4O. The van der Waals surface area contributed by atoms with Crippen LogP contribution < -0.4 is 4.90 Å². The monoisotopic (exact) mass is 256 g/mol. The van der Waals surface area contributed by atoms with Crippen molar-refractivity contribution in [2.75, 3.05) is 25.1 Å². The smallest absolute Gasteiger partial charge is 0.225 e. The molecule has 2 aromatic heterocycles. The van der Waals surface area contributed by atoms with E-state index in [-0.39, 0.29) is 0 Å². The van der Waals surface area contributed by atoms with Crippen molar-refractivity contribution in [2.45, 2.75) is 13.0 Å². The van der Waals surface area contributed by atoms with Crippen LogP contribution in [0.5, 0.6) is 0 Å². The summed E-state index contributed by atoms with van der Waals surface area (Å²) in [5.74, 6) is 0.754. The SMILES string of the molecule is COC1CN(c2ncc(-c3cccc(C)n3)cn2)C1. The van der Waals surface area contributed by atoms with E-state index in [1.807, 2.05) is 37.5 Å². The van der Waals surface area contributed by atoms with Gasteiger partial charge in [0, 0.05) is 43.9 Å². The third kappa shape index (κ3) is 2.42. The number of aromatic nitrogens is 3. The molecule has 3 heterocycles. The van der Waals surface area contributed by atoms with Gasteiger partial charge in [0.05, 0.1) is 11.8 Å². The van der Waals surface area contributed by atoms with Crippen LogP contribution in [-0.2, 0) is 4.74 Å². The van der Waals surface area contributed by atoms with Crippen molar-refractivity contribution in [3.05, 3.63) is 36.3 Å². The average molecular weight is 256 g/mol. The van der Waals surface area contributed by atoms with E-state index < -0.39 is 0 Å². The number of ether oxygens (including phenoxy) is 1. The van der Waals surface area contributed by atoms with Crippen molar-refractivity contribution in [1.82, 2.24) is 15.0 Å². The quantitative estimate of drug-likeness (QED) is 0.836. The zero-order chi connectivity index (χ0) is 13.2. The second-order valence-corrected chi connectivity index (χ2v) is 4.70. The highest BCUT2D eigenvalue weighted by molar-refractivity contribution is 5.57. The minimum Gasteiger partial charge on any atom is -0.378 e. The van der Waals surface area contributed by atoms with Gasteiger partial charge in [-0.1, -0.05) is 6.07 Å². The van der Waals surface area contributed by atoms with Crippen LogP contribution in [0.3, 0.4) is 0 Å². The molecule has 0 atom stereocenters. The van der Waals surface area contributed by atoms with Crippen LogP contribution in [-0.4, -0.2) is 41.3 Å². The molecule has 1 fully saturated rings. The second-order valence-electron chi connectivity index (χ2n) is 4.70. The lowest BCUT2D eigenvalue weighted by Gasteiger charge is -2.37. The summed E-state index contributed by atoms with van der Waals surface area (Å²) >= 11 is 0. The van der Waals surface area contributed by atoms with Crippen molar-refractivity contribution in [1.29, 1.82) is 0 Å². The van der Waals surface area contributed by atoms with Crippen molar-refractivity contribution in [3.8, 4) is 11.3 Å². The highest BCUT2D eigenvalue weighted by Crippen LogP contribution is 2.20. The molecule has 1 aliphatic rings. The maximum Gasteiger partial charge on any atom is 0.225 e. The van der Waals surface area contributed by atoms with Gasteiger partial charge in [-0.3, -0.25) is 4.98 Å². The zero-order valence-corrected chi connectivity index (χ0v) is 11.1. The van der Waals surface area contributed by atoms with Crippen LogP contribution in [0, 0.1) is 6.92 Å². The van der Waals surface area contributed by atoms with Gasteiger partial charge in [-0.15, -0.1) is 0 Å². The molecule has 0 spiro atoms. The van der Waals surface area contributed by atoms with Crippen LogP contribution in [0.4, 0.5) is 5.95 Å². The number of rotatable bonds is 3. The lowest BCUT2D eigenvalue weighted by atomic mass is 10.2. The number of methoxy groups -OCH3 is 1. The molecule has 5 heteroatoms. The fourth-order valence-electron chi connectivity index (χ4n) is 2.07. The molecule has 1 saturated heterocycles. The van der Waals surface area contributed by atoms with Gasteiger partial charge in [-0.25, -0.2) is 9.97 Å². The Morgan fingerprint density at radius 3 is 2.58 bits per heavy atom. The van der Waals surface area contributed by atoms with Gasteiger partial charge in [0.25, 0.3) is 0 Å². The largest absolute Gasteiger partial charge is 0.378 e. The lowest BCUT2D eigenvalue weighted by molar-refractivity contribution is 0.0778. The van der Waals surface area contributed by atoms with Crippen LogP contribution in [0.2, 0.25) is 0 Å². The van der Waals surface area contributed by atoms with E-state index in [0.717, 1.165) is 36.0 Å². The molecule has 0 amide bonds. The molecule has 0 aliphatic carbocycles. The van der Waals surface area contributed by atoms with Gasteiger partial charge in [0.2, 0.25) is 5.95 Å². The van der Waals surface area contributed by atoms with Crippen LogP contribution in [0.25, 0.3) is 11.3 Å². The van der Waals surface area contributed by atoms with Gasteiger partial charge in [0.1, 0.15) is 0 Å². The molecule has 2 aromatic rings. The van der Waals surface area contributed by atoms with E-state index >= 15 is 0 Å². The van der Waals surface area contributed by atoms with Gasteiger partial charge < -0.3 is 9.64 Å². The third-order valence-corrected chi connectivity index (χ3v) is 3.29. The molecule has 0 N–H and O–H groups in total. The third-order valence-electron chi connectivity index (χ3n) is 3.29. The molecule has 0 unspecified atom stereocenters. The van der Waals surface area contributed by atoms with E-state index in [4.69, 9.17) is 4.74 Å². The van der Waals surface area contributed by atoms with E-state index in [0.29, 0.717) is 6.10 Å². The Balaban J connectivity index is 1.76. The summed E-state index contributed by atoms with van der Waals surface area (Å²) in [7, 11) is 1.73. The predicted molar refractivity (Wildman–Crippen MR) is 73.0 cm³/mol. The van der Waals surface area contributed by atoms with E-state index in [1.54, 1.807) is 7.11 Å². The number of hydrogen-bond donors (Lipinski definition) is 0. The zero-order valence-electron chi connectivity index (χ0n) is 11.1. The summed E-state index contributed by atoms with van der Waals surface area (Å²) in [6, 6.07) is 5.93. The van der Waals surface area contributed by atoms with E-state index in [2.05, 4.69) is 19.9 Å². The standard InChI is InChI=1S/C14H16N4O/c1-10-4-3-5-13(17-10)11-6-15-14(16-7-11)18-8-12(9-18)19-2/h3-7,12H,8-9H2,1-2H3. The van der Waals surface area contributed by atoms with Gasteiger partial charge in [-0.05, 0) is 19.1 Å². The molecule has 98 valence electrons. The summed E-state index contributed by atoms with van der Waals surface area (Å²) in [4.78, 5) is 15.4. The molecule has 0 bridgehead atoms. The van der Waals surface area contributed by atoms with Crippen LogP contribution in [0.1, 0.15) is 5.69 Å². The minimum absolute atomic E-state index is 0.307. The average Bonchev–Trinajstić information content (AvgIpc) is 2.38. The fraction of sp³-hybridized carbons (Fsp3) is 0.357. The number of nitrogens with zero attached hydrogens (tertiary/aromatic N) is 4. The van der Waals surface area contributed by atoms with Gasteiger partial charge in [-0.2, -0.15) is 0 Å². The summed E-state index contributed by atoms with van der Waals surface area (Å²) in [6.07, 6.45) is 3.95. The Hall–Kier alpha value is -2.01. The summed E-state index contributed by atoms with van der Waals surface area (Å²) < 4.78 is 5.24. The van der Waals surface area contributed by atoms with Crippen molar-refractivity contribution in [3.63, 3.8) is 0 Å². The molecule has 19 heavy (non-hydrogen) atoms. The van der Waals surface area contributed by atoms with Crippen LogP contribution in [0.15, 0.2) is 30.6 Å². The molecule has 0 aromatic carbocycles. The normalized spacial score (nSPS) is 15.4. The Kier molecular flexibility index (Phi) is 3.13. The summed E-state index contributed by atoms with van der Waals surface area (Å²) in [5, 5.41) is 0. The minimum atomic E-state index is 0.307. The number of pyridine rings is 1. The molecule has 3 rings (SSSR count). The Morgan fingerprint density at radius 1 is 1.21 bits per heavy atom. The second kappa shape index (κ2) is 4.93.